The molecule has 2 aliphatic rings. The van der Waals surface area contributed by atoms with Gasteiger partial charge in [-0.15, -0.1) is 0 Å². The second-order valence-electron chi connectivity index (χ2n) is 8.70. The number of aliphatic carboxylic acids is 1. The number of unbranched alkanes of at least 4 members (excludes halogenated alkanes) is 1. The number of hydrogen-bond acceptors (Lipinski definition) is 5. The van der Waals surface area contributed by atoms with Crippen LogP contribution in [0.4, 0.5) is 0 Å². The molecule has 7 nitrogen and oxygen atoms in total. The minimum absolute atomic E-state index is 0.0762. The van der Waals surface area contributed by atoms with Gasteiger partial charge in [0.15, 0.2) is 5.43 Å². The van der Waals surface area contributed by atoms with Gasteiger partial charge in [-0.2, -0.15) is 0 Å². The summed E-state index contributed by atoms with van der Waals surface area (Å²) < 4.78 is 12.8. The van der Waals surface area contributed by atoms with Crippen molar-refractivity contribution in [2.24, 2.45) is 0 Å². The van der Waals surface area contributed by atoms with Gasteiger partial charge in [-0.3, -0.25) is 9.59 Å². The molecule has 0 bridgehead atoms. The van der Waals surface area contributed by atoms with Crippen molar-refractivity contribution in [2.75, 3.05) is 13.7 Å². The molecule has 0 unspecified atom stereocenters. The molecule has 0 atom stereocenters. The molecule has 2 heterocycles. The molecule has 1 N–H and O–H groups in total. The van der Waals surface area contributed by atoms with Crippen LogP contribution < -0.4 is 10.2 Å². The zero-order chi connectivity index (χ0) is 22.9. The number of hydrogen-bond donors (Lipinski definition) is 1. The van der Waals surface area contributed by atoms with Gasteiger partial charge in [-0.1, -0.05) is 6.07 Å². The van der Waals surface area contributed by atoms with E-state index in [9.17, 15) is 14.4 Å². The highest BCUT2D eigenvalue weighted by Crippen LogP contribution is 2.49. The normalized spacial score (nSPS) is 15.4. The van der Waals surface area contributed by atoms with Crippen molar-refractivity contribution in [1.82, 2.24) is 4.57 Å². The Morgan fingerprint density at radius 2 is 1.97 bits per heavy atom. The van der Waals surface area contributed by atoms with E-state index in [1.807, 2.05) is 6.07 Å². The van der Waals surface area contributed by atoms with Crippen LogP contribution in [0.15, 0.2) is 29.2 Å². The fourth-order valence-corrected chi connectivity index (χ4v) is 4.98. The predicted octanol–water partition coefficient (Wildman–Crippen LogP) is 3.93. The number of carboxylic acids is 1. The van der Waals surface area contributed by atoms with Gasteiger partial charge in [0.2, 0.25) is 0 Å². The van der Waals surface area contributed by atoms with Gasteiger partial charge in [0, 0.05) is 29.8 Å². The van der Waals surface area contributed by atoms with Gasteiger partial charge in [0.05, 0.1) is 19.4 Å². The van der Waals surface area contributed by atoms with Crippen LogP contribution in [0.3, 0.4) is 0 Å². The number of aryl methyl sites for hydroxylation is 1. The number of aromatic nitrogens is 1. The van der Waals surface area contributed by atoms with Gasteiger partial charge in [0.1, 0.15) is 11.3 Å². The molecule has 4 rings (SSSR count). The van der Waals surface area contributed by atoms with Crippen LogP contribution >= 0.6 is 0 Å². The van der Waals surface area contributed by atoms with E-state index in [1.54, 1.807) is 26.3 Å². The maximum absolute atomic E-state index is 12.8. The monoisotopic (exact) mass is 439 g/mol. The Hall–Kier alpha value is -3.09. The van der Waals surface area contributed by atoms with Crippen LogP contribution in [-0.2, 0) is 27.9 Å². The van der Waals surface area contributed by atoms with Gasteiger partial charge in [-0.25, -0.2) is 4.79 Å². The lowest BCUT2D eigenvalue weighted by atomic mass is 9.69. The molecular formula is C25H29NO6. The Balaban J connectivity index is 1.76. The van der Waals surface area contributed by atoms with Crippen LogP contribution in [-0.4, -0.2) is 35.3 Å². The molecule has 7 heteroatoms. The van der Waals surface area contributed by atoms with Gasteiger partial charge < -0.3 is 19.1 Å². The Morgan fingerprint density at radius 1 is 1.19 bits per heavy atom. The topological polar surface area (TPSA) is 94.8 Å². The predicted molar refractivity (Wildman–Crippen MR) is 119 cm³/mol. The summed E-state index contributed by atoms with van der Waals surface area (Å²) in [6.45, 7) is 1.95. The third-order valence-electron chi connectivity index (χ3n) is 6.73. The molecule has 1 aromatic heterocycles. The summed E-state index contributed by atoms with van der Waals surface area (Å²) in [5, 5.41) is 8.88. The molecule has 1 aliphatic heterocycles. The number of nitrogens with zero attached hydrogens (tertiary/aromatic N) is 1. The second-order valence-corrected chi connectivity index (χ2v) is 8.70. The zero-order valence-corrected chi connectivity index (χ0v) is 18.6. The van der Waals surface area contributed by atoms with Crippen molar-refractivity contribution in [2.45, 2.75) is 63.8 Å². The number of benzene rings is 1. The van der Waals surface area contributed by atoms with E-state index >= 15 is 0 Å². The highest BCUT2D eigenvalue weighted by molar-refractivity contribution is 5.89. The van der Waals surface area contributed by atoms with E-state index in [-0.39, 0.29) is 29.6 Å². The maximum Gasteiger partial charge on any atom is 0.343 e. The molecule has 1 aromatic carbocycles. The summed E-state index contributed by atoms with van der Waals surface area (Å²) in [4.78, 5) is 35.9. The van der Waals surface area contributed by atoms with Crippen LogP contribution in [0.1, 0.15) is 66.9 Å². The number of ether oxygens (including phenoxy) is 2. The SMILES string of the molecule is CCOC(=O)c1cn2c(cc1=O)-c1cc(OC)c(CCCCC(=O)O)cc1CC21CCC1. The third kappa shape index (κ3) is 3.92. The number of pyridine rings is 1. The first-order chi connectivity index (χ1) is 15.4. The Bertz CT molecular complexity index is 1110. The average Bonchev–Trinajstić information content (AvgIpc) is 2.74. The molecule has 170 valence electrons. The van der Waals surface area contributed by atoms with E-state index < -0.39 is 11.9 Å². The highest BCUT2D eigenvalue weighted by atomic mass is 16.5. The lowest BCUT2D eigenvalue weighted by Gasteiger charge is -2.49. The molecule has 2 aromatic rings. The summed E-state index contributed by atoms with van der Waals surface area (Å²) in [6.07, 6.45) is 7.89. The lowest BCUT2D eigenvalue weighted by molar-refractivity contribution is -0.137. The highest BCUT2D eigenvalue weighted by Gasteiger charge is 2.43. The first-order valence-corrected chi connectivity index (χ1v) is 11.2. The van der Waals surface area contributed by atoms with Crippen LogP contribution in [0.5, 0.6) is 5.75 Å². The van der Waals surface area contributed by atoms with Crippen molar-refractivity contribution in [1.29, 1.82) is 0 Å². The molecule has 32 heavy (non-hydrogen) atoms. The maximum atomic E-state index is 12.8. The smallest absolute Gasteiger partial charge is 0.343 e. The third-order valence-corrected chi connectivity index (χ3v) is 6.73. The van der Waals surface area contributed by atoms with Crippen molar-refractivity contribution < 1.29 is 24.2 Å². The molecule has 0 radical (unpaired) electrons. The van der Waals surface area contributed by atoms with Crippen molar-refractivity contribution in [3.63, 3.8) is 0 Å². The molecule has 0 saturated heterocycles. The zero-order valence-electron chi connectivity index (χ0n) is 18.6. The molecule has 1 saturated carbocycles. The molecule has 0 amide bonds. The number of carboxylic acid groups (broad SMARTS) is 1. The number of fused-ring (bicyclic) bond motifs is 4. The Labute approximate surface area is 187 Å². The lowest BCUT2D eigenvalue weighted by Crippen LogP contribution is -2.46. The number of carbonyl (C=O) groups is 2. The fraction of sp³-hybridized carbons (Fsp3) is 0.480. The molecule has 1 fully saturated rings. The molecule has 1 spiro atoms. The number of carbonyl (C=O) groups excluding carboxylic acids is 1. The summed E-state index contributed by atoms with van der Waals surface area (Å²) in [7, 11) is 1.62. The van der Waals surface area contributed by atoms with E-state index in [2.05, 4.69) is 10.6 Å². The first-order valence-electron chi connectivity index (χ1n) is 11.2. The minimum Gasteiger partial charge on any atom is -0.496 e. The molecular weight excluding hydrogens is 410 g/mol. The van der Waals surface area contributed by atoms with E-state index in [4.69, 9.17) is 14.6 Å². The average molecular weight is 440 g/mol. The van der Waals surface area contributed by atoms with Crippen molar-refractivity contribution in [3.8, 4) is 17.0 Å². The van der Waals surface area contributed by atoms with Crippen molar-refractivity contribution >= 4 is 11.9 Å². The van der Waals surface area contributed by atoms with Gasteiger partial charge >= 0.3 is 11.9 Å². The summed E-state index contributed by atoms with van der Waals surface area (Å²) in [5.41, 5.74) is 3.58. The summed E-state index contributed by atoms with van der Waals surface area (Å²) >= 11 is 0. The summed E-state index contributed by atoms with van der Waals surface area (Å²) in [5.74, 6) is -0.627. The van der Waals surface area contributed by atoms with E-state index in [1.165, 1.54) is 5.56 Å². The van der Waals surface area contributed by atoms with Crippen LogP contribution in [0.2, 0.25) is 0 Å². The van der Waals surface area contributed by atoms with Crippen LogP contribution in [0.25, 0.3) is 11.3 Å². The first kappa shape index (κ1) is 22.1. The summed E-state index contributed by atoms with van der Waals surface area (Å²) in [6, 6.07) is 5.68. The molecule has 1 aliphatic carbocycles. The fourth-order valence-electron chi connectivity index (χ4n) is 4.98. The number of rotatable bonds is 8. The number of methoxy groups -OCH3 is 1. The number of esters is 1. The van der Waals surface area contributed by atoms with Gasteiger partial charge in [-0.05, 0) is 69.1 Å². The standard InChI is InChI=1S/C25H29NO6/c1-3-32-24(30)19-15-26-20(13-21(19)27)18-12-22(31-2)16(7-4-5-8-23(28)29)11-17(18)14-25(26)9-6-10-25/h11-13,15H,3-10,14H2,1-2H3,(H,28,29). The van der Waals surface area contributed by atoms with Gasteiger partial charge in [0.25, 0.3) is 0 Å². The Kier molecular flexibility index (Phi) is 6.09. The second kappa shape index (κ2) is 8.81. The quantitative estimate of drug-likeness (QED) is 0.495. The van der Waals surface area contributed by atoms with Crippen LogP contribution in [0, 0.1) is 0 Å². The largest absolute Gasteiger partial charge is 0.496 e. The minimum atomic E-state index is -0.779. The van der Waals surface area contributed by atoms with E-state index in [0.717, 1.165) is 61.1 Å². The Morgan fingerprint density at radius 3 is 2.59 bits per heavy atom. The van der Waals surface area contributed by atoms with Crippen molar-refractivity contribution in [3.05, 3.63) is 51.3 Å². The van der Waals surface area contributed by atoms with E-state index in [0.29, 0.717) is 6.42 Å².